The van der Waals surface area contributed by atoms with Gasteiger partial charge in [0, 0.05) is 18.6 Å². The lowest BCUT2D eigenvalue weighted by atomic mass is 9.94. The molecule has 1 heterocycles. The summed E-state index contributed by atoms with van der Waals surface area (Å²) in [7, 11) is 0. The smallest absolute Gasteiger partial charge is 0.377 e. The van der Waals surface area contributed by atoms with E-state index in [0.29, 0.717) is 12.0 Å². The number of benzene rings is 1. The summed E-state index contributed by atoms with van der Waals surface area (Å²) in [6, 6.07) is 5.69. The van der Waals surface area contributed by atoms with E-state index < -0.39 is 16.5 Å². The van der Waals surface area contributed by atoms with E-state index >= 15 is 0 Å². The Labute approximate surface area is 132 Å². The van der Waals surface area contributed by atoms with Crippen LogP contribution in [0.15, 0.2) is 34.6 Å². The number of nitro benzene ring substituents is 1. The summed E-state index contributed by atoms with van der Waals surface area (Å²) in [5.41, 5.74) is 0.167. The van der Waals surface area contributed by atoms with Crippen LogP contribution in [0.1, 0.15) is 32.8 Å². The molecular formula is C15H17N3O5. The van der Waals surface area contributed by atoms with Gasteiger partial charge in [0.15, 0.2) is 0 Å². The average molecular weight is 319 g/mol. The Morgan fingerprint density at radius 2 is 2.13 bits per heavy atom. The largest absolute Gasteiger partial charge is 0.381 e. The van der Waals surface area contributed by atoms with Crippen LogP contribution in [-0.2, 0) is 14.5 Å². The predicted octanol–water partition coefficient (Wildman–Crippen LogP) is 2.66. The molecule has 23 heavy (non-hydrogen) atoms. The topological polar surface area (TPSA) is 103 Å². The van der Waals surface area contributed by atoms with Crippen molar-refractivity contribution in [3.63, 3.8) is 0 Å². The van der Waals surface area contributed by atoms with E-state index in [1.807, 2.05) is 13.8 Å². The lowest BCUT2D eigenvalue weighted by Crippen LogP contribution is -2.36. The molecule has 0 saturated heterocycles. The molecular weight excluding hydrogens is 302 g/mol. The number of non-ortho nitro benzene ring substituents is 1. The van der Waals surface area contributed by atoms with E-state index in [2.05, 4.69) is 10.3 Å². The number of carbonyl (C=O) groups is 1. The number of rotatable bonds is 5. The fourth-order valence-electron chi connectivity index (χ4n) is 1.90. The van der Waals surface area contributed by atoms with Crippen LogP contribution in [-0.4, -0.2) is 28.4 Å². The first-order valence-electron chi connectivity index (χ1n) is 7.06. The Hall–Kier alpha value is -2.77. The van der Waals surface area contributed by atoms with Crippen LogP contribution in [0.4, 0.5) is 5.69 Å². The maximum atomic E-state index is 12.0. The minimum absolute atomic E-state index is 0.0237. The molecule has 0 saturated carbocycles. The number of oxime groups is 2. The van der Waals surface area contributed by atoms with Gasteiger partial charge in [-0.3, -0.25) is 10.1 Å². The summed E-state index contributed by atoms with van der Waals surface area (Å²) in [6.07, 6.45) is 1.65. The van der Waals surface area contributed by atoms with Gasteiger partial charge in [0.05, 0.1) is 16.8 Å². The van der Waals surface area contributed by atoms with Crippen LogP contribution in [0.2, 0.25) is 0 Å². The highest BCUT2D eigenvalue weighted by Gasteiger charge is 2.44. The first kappa shape index (κ1) is 16.6. The summed E-state index contributed by atoms with van der Waals surface area (Å²) in [5.74, 6) is -0.455. The predicted molar refractivity (Wildman–Crippen MR) is 83.2 cm³/mol. The van der Waals surface area contributed by atoms with Crippen molar-refractivity contribution in [2.75, 3.05) is 0 Å². The molecule has 2 rings (SSSR count). The minimum Gasteiger partial charge on any atom is -0.377 e. The maximum Gasteiger partial charge on any atom is 0.381 e. The second-order valence-corrected chi connectivity index (χ2v) is 5.70. The van der Waals surface area contributed by atoms with Gasteiger partial charge in [-0.1, -0.05) is 24.2 Å². The van der Waals surface area contributed by atoms with Crippen molar-refractivity contribution in [2.45, 2.75) is 32.8 Å². The molecule has 8 nitrogen and oxygen atoms in total. The molecule has 0 bridgehead atoms. The van der Waals surface area contributed by atoms with Gasteiger partial charge in [-0.2, -0.15) is 0 Å². The zero-order valence-corrected chi connectivity index (χ0v) is 13.1. The molecule has 0 amide bonds. The molecule has 1 aliphatic heterocycles. The second-order valence-electron chi connectivity index (χ2n) is 5.70. The number of carbonyl (C=O) groups excluding carboxylic acids is 1. The standard InChI is InChI=1S/C15H17N3O5/c1-10(2)13-8-15(3,23-17-13)14(19)22-16-9-11-4-6-12(7-5-11)18(20)21/h4-7,9-10H,8H2,1-3H3/b16-9+. The zero-order valence-electron chi connectivity index (χ0n) is 13.1. The summed E-state index contributed by atoms with van der Waals surface area (Å²) in [4.78, 5) is 32.1. The number of nitrogens with zero attached hydrogens (tertiary/aromatic N) is 3. The van der Waals surface area contributed by atoms with Crippen LogP contribution < -0.4 is 0 Å². The highest BCUT2D eigenvalue weighted by Crippen LogP contribution is 2.27. The Balaban J connectivity index is 1.93. The average Bonchev–Trinajstić information content (AvgIpc) is 2.92. The molecule has 8 heteroatoms. The minimum atomic E-state index is -1.17. The van der Waals surface area contributed by atoms with Crippen LogP contribution >= 0.6 is 0 Å². The molecule has 1 unspecified atom stereocenters. The van der Waals surface area contributed by atoms with E-state index in [4.69, 9.17) is 9.68 Å². The highest BCUT2D eigenvalue weighted by molar-refractivity contribution is 5.94. The molecule has 0 spiro atoms. The molecule has 0 N–H and O–H groups in total. The van der Waals surface area contributed by atoms with E-state index in [0.717, 1.165) is 5.71 Å². The van der Waals surface area contributed by atoms with E-state index in [1.165, 1.54) is 30.5 Å². The normalized spacial score (nSPS) is 20.4. The Morgan fingerprint density at radius 1 is 1.48 bits per heavy atom. The Bertz CT molecular complexity index is 666. The quantitative estimate of drug-likeness (QED) is 0.359. The summed E-state index contributed by atoms with van der Waals surface area (Å²) in [5, 5.41) is 18.1. The summed E-state index contributed by atoms with van der Waals surface area (Å²) < 4.78 is 0. The first-order chi connectivity index (χ1) is 10.8. The lowest BCUT2D eigenvalue weighted by Gasteiger charge is -2.17. The zero-order chi connectivity index (χ0) is 17.0. The van der Waals surface area contributed by atoms with Gasteiger partial charge in [-0.25, -0.2) is 4.79 Å². The fraction of sp³-hybridized carbons (Fsp3) is 0.400. The third-order valence-corrected chi connectivity index (χ3v) is 3.42. The van der Waals surface area contributed by atoms with Crippen LogP contribution in [0.25, 0.3) is 0 Å². The Morgan fingerprint density at radius 3 is 2.65 bits per heavy atom. The maximum absolute atomic E-state index is 12.0. The summed E-state index contributed by atoms with van der Waals surface area (Å²) >= 11 is 0. The fourth-order valence-corrected chi connectivity index (χ4v) is 1.90. The Kier molecular flexibility index (Phi) is 4.73. The van der Waals surface area contributed by atoms with Crippen LogP contribution in [0.3, 0.4) is 0 Å². The molecule has 122 valence electrons. The number of nitro groups is 1. The van der Waals surface area contributed by atoms with Crippen molar-refractivity contribution in [1.82, 2.24) is 0 Å². The van der Waals surface area contributed by atoms with Crippen molar-refractivity contribution >= 4 is 23.6 Å². The monoisotopic (exact) mass is 319 g/mol. The van der Waals surface area contributed by atoms with E-state index in [9.17, 15) is 14.9 Å². The lowest BCUT2D eigenvalue weighted by molar-refractivity contribution is -0.384. The van der Waals surface area contributed by atoms with Gasteiger partial charge in [-0.15, -0.1) is 0 Å². The van der Waals surface area contributed by atoms with Crippen molar-refractivity contribution in [2.24, 2.45) is 16.2 Å². The van der Waals surface area contributed by atoms with Gasteiger partial charge in [-0.05, 0) is 30.5 Å². The number of hydrogen-bond acceptors (Lipinski definition) is 7. The molecule has 0 fully saturated rings. The summed E-state index contributed by atoms with van der Waals surface area (Å²) in [6.45, 7) is 5.52. The molecule has 1 aromatic carbocycles. The SMILES string of the molecule is CC(C)C1=NOC(C)(C(=O)O/N=C/c2ccc([N+](=O)[O-])cc2)C1. The second kappa shape index (κ2) is 6.55. The van der Waals surface area contributed by atoms with Gasteiger partial charge in [0.25, 0.3) is 5.69 Å². The van der Waals surface area contributed by atoms with Crippen molar-refractivity contribution in [3.8, 4) is 0 Å². The van der Waals surface area contributed by atoms with Gasteiger partial charge < -0.3 is 9.68 Å². The number of hydrogen-bond donors (Lipinski definition) is 0. The van der Waals surface area contributed by atoms with Crippen LogP contribution in [0, 0.1) is 16.0 Å². The third-order valence-electron chi connectivity index (χ3n) is 3.42. The van der Waals surface area contributed by atoms with Gasteiger partial charge >= 0.3 is 5.97 Å². The van der Waals surface area contributed by atoms with Crippen molar-refractivity contribution in [3.05, 3.63) is 39.9 Å². The van der Waals surface area contributed by atoms with Crippen LogP contribution in [0.5, 0.6) is 0 Å². The molecule has 0 aromatic heterocycles. The first-order valence-corrected chi connectivity index (χ1v) is 7.06. The van der Waals surface area contributed by atoms with E-state index in [1.54, 1.807) is 6.92 Å². The molecule has 0 radical (unpaired) electrons. The van der Waals surface area contributed by atoms with Crippen molar-refractivity contribution < 1.29 is 19.4 Å². The van der Waals surface area contributed by atoms with Gasteiger partial charge in [0.2, 0.25) is 5.60 Å². The molecule has 0 aliphatic carbocycles. The molecule has 1 aromatic rings. The van der Waals surface area contributed by atoms with Crippen molar-refractivity contribution in [1.29, 1.82) is 0 Å². The third kappa shape index (κ3) is 3.91. The van der Waals surface area contributed by atoms with Gasteiger partial charge in [0.1, 0.15) is 0 Å². The van der Waals surface area contributed by atoms with E-state index in [-0.39, 0.29) is 11.6 Å². The molecule has 1 atom stereocenters. The molecule has 1 aliphatic rings. The highest BCUT2D eigenvalue weighted by atomic mass is 16.7.